The third-order valence-electron chi connectivity index (χ3n) is 3.72. The van der Waals surface area contributed by atoms with Crippen LogP contribution in [0.2, 0.25) is 0 Å². The molecule has 1 aromatic rings. The molecule has 0 saturated heterocycles. The molecule has 0 heterocycles. The topological polar surface area (TPSA) is 21.3 Å². The summed E-state index contributed by atoms with van der Waals surface area (Å²) in [5.41, 5.74) is 2.49. The Morgan fingerprint density at radius 3 is 2.68 bits per heavy atom. The Balaban J connectivity index is 2.15. The number of rotatable bonds is 5. The fourth-order valence-corrected chi connectivity index (χ4v) is 3.33. The van der Waals surface area contributed by atoms with Crippen molar-refractivity contribution in [1.82, 2.24) is 5.32 Å². The Hall–Kier alpha value is -0.540. The molecule has 1 aromatic carbocycles. The van der Waals surface area contributed by atoms with Crippen molar-refractivity contribution in [2.75, 3.05) is 6.54 Å². The van der Waals surface area contributed by atoms with Crippen LogP contribution in [0.4, 0.5) is 0 Å². The fraction of sp³-hybridized carbons (Fsp3) is 0.625. The predicted octanol–water partition coefficient (Wildman–Crippen LogP) is 4.58. The average Bonchev–Trinajstić information content (AvgIpc) is 2.41. The summed E-state index contributed by atoms with van der Waals surface area (Å²) in [6, 6.07) is 4.32. The SMILES string of the molecule is CCNCc1cc(Br)cc(C)c1OC1CCCCC1. The minimum Gasteiger partial charge on any atom is -0.490 e. The van der Waals surface area contributed by atoms with Gasteiger partial charge in [0.05, 0.1) is 6.10 Å². The molecule has 19 heavy (non-hydrogen) atoms. The van der Waals surface area contributed by atoms with Crippen LogP contribution in [0.1, 0.15) is 50.2 Å². The Morgan fingerprint density at radius 1 is 1.26 bits per heavy atom. The average molecular weight is 326 g/mol. The van der Waals surface area contributed by atoms with E-state index in [1.165, 1.54) is 43.2 Å². The Morgan fingerprint density at radius 2 is 2.00 bits per heavy atom. The number of benzene rings is 1. The predicted molar refractivity (Wildman–Crippen MR) is 83.8 cm³/mol. The van der Waals surface area contributed by atoms with Gasteiger partial charge in [-0.25, -0.2) is 0 Å². The smallest absolute Gasteiger partial charge is 0.127 e. The van der Waals surface area contributed by atoms with Crippen molar-refractivity contribution in [3.05, 3.63) is 27.7 Å². The molecule has 0 radical (unpaired) electrons. The molecule has 3 heteroatoms. The maximum absolute atomic E-state index is 6.31. The summed E-state index contributed by atoms with van der Waals surface area (Å²) >= 11 is 3.58. The van der Waals surface area contributed by atoms with Crippen LogP contribution >= 0.6 is 15.9 Å². The Kier molecular flexibility index (Phi) is 5.71. The zero-order chi connectivity index (χ0) is 13.7. The van der Waals surface area contributed by atoms with Gasteiger partial charge in [0.2, 0.25) is 0 Å². The highest BCUT2D eigenvalue weighted by Gasteiger charge is 2.18. The van der Waals surface area contributed by atoms with E-state index < -0.39 is 0 Å². The van der Waals surface area contributed by atoms with E-state index in [0.717, 1.165) is 23.3 Å². The van der Waals surface area contributed by atoms with E-state index in [4.69, 9.17) is 4.74 Å². The molecular formula is C16H24BrNO. The first-order valence-corrected chi connectivity index (χ1v) is 8.16. The summed E-state index contributed by atoms with van der Waals surface area (Å²) in [5.74, 6) is 1.09. The van der Waals surface area contributed by atoms with Crippen molar-refractivity contribution in [1.29, 1.82) is 0 Å². The zero-order valence-electron chi connectivity index (χ0n) is 12.0. The van der Waals surface area contributed by atoms with E-state index in [0.29, 0.717) is 6.10 Å². The molecule has 1 N–H and O–H groups in total. The van der Waals surface area contributed by atoms with Crippen LogP contribution in [0.25, 0.3) is 0 Å². The third-order valence-corrected chi connectivity index (χ3v) is 4.18. The van der Waals surface area contributed by atoms with Crippen LogP contribution in [0.15, 0.2) is 16.6 Å². The van der Waals surface area contributed by atoms with Gasteiger partial charge in [-0.2, -0.15) is 0 Å². The highest BCUT2D eigenvalue weighted by molar-refractivity contribution is 9.10. The summed E-state index contributed by atoms with van der Waals surface area (Å²) in [6.07, 6.45) is 6.80. The number of hydrogen-bond acceptors (Lipinski definition) is 2. The minimum absolute atomic E-state index is 0.411. The normalized spacial score (nSPS) is 16.6. The maximum atomic E-state index is 6.31. The van der Waals surface area contributed by atoms with E-state index in [1.54, 1.807) is 0 Å². The van der Waals surface area contributed by atoms with E-state index in [9.17, 15) is 0 Å². The molecule has 1 aliphatic carbocycles. The second kappa shape index (κ2) is 7.30. The molecule has 1 fully saturated rings. The van der Waals surface area contributed by atoms with Crippen LogP contribution in [0.5, 0.6) is 5.75 Å². The molecule has 106 valence electrons. The van der Waals surface area contributed by atoms with E-state index in [-0.39, 0.29) is 0 Å². The van der Waals surface area contributed by atoms with Gasteiger partial charge < -0.3 is 10.1 Å². The highest BCUT2D eigenvalue weighted by atomic mass is 79.9. The molecule has 2 rings (SSSR count). The van der Waals surface area contributed by atoms with Crippen molar-refractivity contribution in [3.63, 3.8) is 0 Å². The Bertz CT molecular complexity index is 413. The van der Waals surface area contributed by atoms with Crippen LogP contribution in [-0.2, 0) is 6.54 Å². The quantitative estimate of drug-likeness (QED) is 0.855. The van der Waals surface area contributed by atoms with Crippen molar-refractivity contribution >= 4 is 15.9 Å². The zero-order valence-corrected chi connectivity index (χ0v) is 13.6. The monoisotopic (exact) mass is 325 g/mol. The van der Waals surface area contributed by atoms with E-state index in [1.807, 2.05) is 0 Å². The lowest BCUT2D eigenvalue weighted by molar-refractivity contribution is 0.152. The van der Waals surface area contributed by atoms with Crippen LogP contribution in [0.3, 0.4) is 0 Å². The first-order valence-electron chi connectivity index (χ1n) is 7.37. The van der Waals surface area contributed by atoms with Gasteiger partial charge in [0, 0.05) is 16.6 Å². The molecule has 0 spiro atoms. The van der Waals surface area contributed by atoms with Gasteiger partial charge in [-0.05, 0) is 56.8 Å². The highest BCUT2D eigenvalue weighted by Crippen LogP contribution is 2.31. The lowest BCUT2D eigenvalue weighted by Crippen LogP contribution is -2.22. The summed E-state index contributed by atoms with van der Waals surface area (Å²) in [6.45, 7) is 6.12. The standard InChI is InChI=1S/C16H24BrNO/c1-3-18-11-13-10-14(17)9-12(2)16(13)19-15-7-5-4-6-8-15/h9-10,15,18H,3-8,11H2,1-2H3. The van der Waals surface area contributed by atoms with Gasteiger partial charge in [-0.3, -0.25) is 0 Å². The first-order chi connectivity index (χ1) is 9.20. The molecule has 1 aliphatic rings. The molecule has 1 saturated carbocycles. The van der Waals surface area contributed by atoms with Crippen molar-refractivity contribution < 1.29 is 4.74 Å². The van der Waals surface area contributed by atoms with E-state index in [2.05, 4.69) is 47.2 Å². The summed E-state index contributed by atoms with van der Waals surface area (Å²) in [7, 11) is 0. The summed E-state index contributed by atoms with van der Waals surface area (Å²) < 4.78 is 7.44. The molecule has 0 aliphatic heterocycles. The number of aryl methyl sites for hydroxylation is 1. The lowest BCUT2D eigenvalue weighted by atomic mass is 9.97. The fourth-order valence-electron chi connectivity index (χ4n) is 2.71. The van der Waals surface area contributed by atoms with E-state index >= 15 is 0 Å². The van der Waals surface area contributed by atoms with Gasteiger partial charge in [-0.1, -0.05) is 29.3 Å². The number of ether oxygens (including phenoxy) is 1. The minimum atomic E-state index is 0.411. The van der Waals surface area contributed by atoms with Crippen LogP contribution in [-0.4, -0.2) is 12.6 Å². The number of halogens is 1. The van der Waals surface area contributed by atoms with Crippen molar-refractivity contribution in [2.24, 2.45) is 0 Å². The Labute approximate surface area is 125 Å². The maximum Gasteiger partial charge on any atom is 0.127 e. The second-order valence-corrected chi connectivity index (χ2v) is 6.28. The molecular weight excluding hydrogens is 302 g/mol. The van der Waals surface area contributed by atoms with Crippen LogP contribution < -0.4 is 10.1 Å². The molecule has 0 atom stereocenters. The van der Waals surface area contributed by atoms with Gasteiger partial charge >= 0.3 is 0 Å². The second-order valence-electron chi connectivity index (χ2n) is 5.37. The molecule has 0 aromatic heterocycles. The summed E-state index contributed by atoms with van der Waals surface area (Å²) in [4.78, 5) is 0. The summed E-state index contributed by atoms with van der Waals surface area (Å²) in [5, 5.41) is 3.40. The van der Waals surface area contributed by atoms with Gasteiger partial charge in [0.1, 0.15) is 5.75 Å². The largest absolute Gasteiger partial charge is 0.490 e. The van der Waals surface area contributed by atoms with Gasteiger partial charge in [0.15, 0.2) is 0 Å². The molecule has 0 amide bonds. The molecule has 0 bridgehead atoms. The first kappa shape index (κ1) is 14.9. The van der Waals surface area contributed by atoms with Gasteiger partial charge in [-0.15, -0.1) is 0 Å². The van der Waals surface area contributed by atoms with Crippen LogP contribution in [0, 0.1) is 6.92 Å². The van der Waals surface area contributed by atoms with Gasteiger partial charge in [0.25, 0.3) is 0 Å². The number of nitrogens with one attached hydrogen (secondary N) is 1. The molecule has 2 nitrogen and oxygen atoms in total. The lowest BCUT2D eigenvalue weighted by Gasteiger charge is -2.25. The number of hydrogen-bond donors (Lipinski definition) is 1. The molecule has 0 unspecified atom stereocenters. The third kappa shape index (κ3) is 4.22. The van der Waals surface area contributed by atoms with Crippen molar-refractivity contribution in [3.8, 4) is 5.75 Å². The van der Waals surface area contributed by atoms with Crippen molar-refractivity contribution in [2.45, 2.75) is 58.6 Å².